The van der Waals surface area contributed by atoms with Crippen molar-refractivity contribution < 1.29 is 14.3 Å². The van der Waals surface area contributed by atoms with E-state index in [-0.39, 0.29) is 12.0 Å². The molecule has 0 aliphatic heterocycles. The number of rotatable bonds is 6. The van der Waals surface area contributed by atoms with E-state index in [1.54, 1.807) is 12.1 Å². The predicted octanol–water partition coefficient (Wildman–Crippen LogP) is 4.11. The number of aromatic nitrogens is 3. The van der Waals surface area contributed by atoms with Crippen molar-refractivity contribution in [2.75, 3.05) is 0 Å². The highest BCUT2D eigenvalue weighted by molar-refractivity contribution is 14.1. The van der Waals surface area contributed by atoms with E-state index in [9.17, 15) is 9.18 Å². The number of carboxylic acid groups (broad SMARTS) is 1. The van der Waals surface area contributed by atoms with Crippen LogP contribution in [0.15, 0.2) is 35.7 Å². The Bertz CT molecular complexity index is 945. The van der Waals surface area contributed by atoms with Gasteiger partial charge in [0.05, 0.1) is 21.7 Å². The quantitative estimate of drug-likeness (QED) is 0.333. The first-order valence-electron chi connectivity index (χ1n) is 7.61. The Hall–Kier alpha value is -1.68. The monoisotopic (exact) mass is 471 g/mol. The highest BCUT2D eigenvalue weighted by Gasteiger charge is 2.11. The molecule has 0 aliphatic rings. The summed E-state index contributed by atoms with van der Waals surface area (Å²) in [6.45, 7) is 2.93. The number of carboxylic acids is 1. The first-order chi connectivity index (χ1) is 12.0. The standard InChI is InChI=1S/C17H15FIN3O2S/c1-2-22-8-13(19)16-14(22)7-20-17(21-16)25-9-10-3-4-12(18)11(5-10)6-15(23)24/h3-5,7-8H,2,6,9H2,1H3,(H,23,24). The second-order valence-corrected chi connectivity index (χ2v) is 7.54. The lowest BCUT2D eigenvalue weighted by Gasteiger charge is -2.05. The minimum Gasteiger partial charge on any atom is -0.481 e. The van der Waals surface area contributed by atoms with Gasteiger partial charge in [-0.15, -0.1) is 0 Å². The van der Waals surface area contributed by atoms with E-state index >= 15 is 0 Å². The van der Waals surface area contributed by atoms with Crippen LogP contribution in [0.5, 0.6) is 0 Å². The number of hydrogen-bond donors (Lipinski definition) is 1. The number of carbonyl (C=O) groups is 1. The largest absolute Gasteiger partial charge is 0.481 e. The van der Waals surface area contributed by atoms with Crippen molar-refractivity contribution in [2.24, 2.45) is 0 Å². The van der Waals surface area contributed by atoms with Gasteiger partial charge in [-0.3, -0.25) is 4.79 Å². The van der Waals surface area contributed by atoms with E-state index in [1.165, 1.54) is 17.8 Å². The summed E-state index contributed by atoms with van der Waals surface area (Å²) in [5.74, 6) is -1.000. The van der Waals surface area contributed by atoms with Crippen LogP contribution in [0.4, 0.5) is 4.39 Å². The van der Waals surface area contributed by atoms with E-state index in [4.69, 9.17) is 5.11 Å². The molecule has 5 nitrogen and oxygen atoms in total. The zero-order valence-electron chi connectivity index (χ0n) is 13.4. The van der Waals surface area contributed by atoms with Gasteiger partial charge in [0.2, 0.25) is 0 Å². The highest BCUT2D eigenvalue weighted by atomic mass is 127. The average Bonchev–Trinajstić information content (AvgIpc) is 2.91. The van der Waals surface area contributed by atoms with Gasteiger partial charge in [0.1, 0.15) is 11.3 Å². The molecular formula is C17H15FIN3O2S. The minimum absolute atomic E-state index is 0.191. The zero-order valence-corrected chi connectivity index (χ0v) is 16.3. The third-order valence-electron chi connectivity index (χ3n) is 3.71. The molecule has 3 rings (SSSR count). The number of aryl methyl sites for hydroxylation is 1. The van der Waals surface area contributed by atoms with Crippen LogP contribution in [0.2, 0.25) is 0 Å². The summed E-state index contributed by atoms with van der Waals surface area (Å²) in [5.41, 5.74) is 2.95. The van der Waals surface area contributed by atoms with Crippen LogP contribution in [0.1, 0.15) is 18.1 Å². The van der Waals surface area contributed by atoms with Gasteiger partial charge in [0.25, 0.3) is 0 Å². The van der Waals surface area contributed by atoms with Gasteiger partial charge < -0.3 is 9.67 Å². The van der Waals surface area contributed by atoms with Gasteiger partial charge in [-0.2, -0.15) is 0 Å². The van der Waals surface area contributed by atoms with Gasteiger partial charge in [0, 0.05) is 18.5 Å². The molecule has 0 unspecified atom stereocenters. The SMILES string of the molecule is CCn1cc(I)c2nc(SCc3ccc(F)c(CC(=O)O)c3)ncc21. The molecule has 8 heteroatoms. The van der Waals surface area contributed by atoms with Crippen LogP contribution < -0.4 is 0 Å². The van der Waals surface area contributed by atoms with Crippen molar-refractivity contribution in [1.29, 1.82) is 0 Å². The van der Waals surface area contributed by atoms with Crippen molar-refractivity contribution in [3.8, 4) is 0 Å². The maximum Gasteiger partial charge on any atom is 0.307 e. The summed E-state index contributed by atoms with van der Waals surface area (Å²) >= 11 is 3.70. The summed E-state index contributed by atoms with van der Waals surface area (Å²) in [5, 5.41) is 9.49. The highest BCUT2D eigenvalue weighted by Crippen LogP contribution is 2.26. The van der Waals surface area contributed by atoms with E-state index in [0.717, 1.165) is 26.7 Å². The molecule has 2 aromatic heterocycles. The fraction of sp³-hybridized carbons (Fsp3) is 0.235. The molecule has 0 bridgehead atoms. The van der Waals surface area contributed by atoms with Crippen LogP contribution in [0.3, 0.4) is 0 Å². The third-order valence-corrected chi connectivity index (χ3v) is 5.43. The number of hydrogen-bond acceptors (Lipinski definition) is 4. The van der Waals surface area contributed by atoms with E-state index in [0.29, 0.717) is 10.9 Å². The van der Waals surface area contributed by atoms with Crippen molar-refractivity contribution >= 4 is 51.4 Å². The normalized spacial score (nSPS) is 11.2. The molecule has 0 fully saturated rings. The van der Waals surface area contributed by atoms with Gasteiger partial charge in [-0.1, -0.05) is 23.9 Å². The van der Waals surface area contributed by atoms with Gasteiger partial charge >= 0.3 is 5.97 Å². The molecule has 0 saturated carbocycles. The molecule has 0 amide bonds. The number of nitrogens with zero attached hydrogens (tertiary/aromatic N) is 3. The zero-order chi connectivity index (χ0) is 18.0. The molecule has 0 saturated heterocycles. The molecular weight excluding hydrogens is 456 g/mol. The Labute approximate surface area is 161 Å². The lowest BCUT2D eigenvalue weighted by molar-refractivity contribution is -0.136. The lowest BCUT2D eigenvalue weighted by atomic mass is 10.1. The maximum atomic E-state index is 13.7. The van der Waals surface area contributed by atoms with Gasteiger partial charge in [-0.05, 0) is 46.7 Å². The van der Waals surface area contributed by atoms with Gasteiger partial charge in [0.15, 0.2) is 5.16 Å². The molecule has 0 aliphatic carbocycles. The van der Waals surface area contributed by atoms with Crippen LogP contribution in [-0.2, 0) is 23.5 Å². The number of thioether (sulfide) groups is 1. The molecule has 1 aromatic carbocycles. The molecule has 0 spiro atoms. The van der Waals surface area contributed by atoms with Crippen molar-refractivity contribution in [2.45, 2.75) is 30.8 Å². The number of benzene rings is 1. The number of fused-ring (bicyclic) bond motifs is 1. The average molecular weight is 471 g/mol. The second-order valence-electron chi connectivity index (χ2n) is 5.43. The van der Waals surface area contributed by atoms with Crippen LogP contribution in [0, 0.1) is 9.39 Å². The first kappa shape index (κ1) is 18.1. The van der Waals surface area contributed by atoms with Crippen molar-refractivity contribution in [3.05, 3.63) is 51.1 Å². The van der Waals surface area contributed by atoms with Crippen molar-refractivity contribution in [3.63, 3.8) is 0 Å². The van der Waals surface area contributed by atoms with E-state index < -0.39 is 11.8 Å². The molecule has 3 aromatic rings. The number of halogens is 2. The number of aliphatic carboxylic acids is 1. The smallest absolute Gasteiger partial charge is 0.307 e. The van der Waals surface area contributed by atoms with Gasteiger partial charge in [-0.25, -0.2) is 14.4 Å². The molecule has 25 heavy (non-hydrogen) atoms. The van der Waals surface area contributed by atoms with Crippen LogP contribution in [0.25, 0.3) is 11.0 Å². The van der Waals surface area contributed by atoms with E-state index in [2.05, 4.69) is 44.0 Å². The Morgan fingerprint density at radius 3 is 2.96 bits per heavy atom. The van der Waals surface area contributed by atoms with Crippen molar-refractivity contribution in [1.82, 2.24) is 14.5 Å². The predicted molar refractivity (Wildman–Crippen MR) is 103 cm³/mol. The fourth-order valence-electron chi connectivity index (χ4n) is 2.51. The van der Waals surface area contributed by atoms with Crippen LogP contribution in [-0.4, -0.2) is 25.6 Å². The molecule has 130 valence electrons. The Morgan fingerprint density at radius 2 is 2.24 bits per heavy atom. The summed E-state index contributed by atoms with van der Waals surface area (Å²) in [6, 6.07) is 4.55. The topological polar surface area (TPSA) is 68.0 Å². The summed E-state index contributed by atoms with van der Waals surface area (Å²) < 4.78 is 16.8. The molecule has 0 atom stereocenters. The fourth-order valence-corrected chi connectivity index (χ4v) is 4.00. The minimum atomic E-state index is -1.05. The Balaban J connectivity index is 1.78. The summed E-state index contributed by atoms with van der Waals surface area (Å²) in [7, 11) is 0. The second kappa shape index (κ2) is 7.69. The molecule has 1 N–H and O–H groups in total. The molecule has 2 heterocycles. The van der Waals surface area contributed by atoms with Crippen LogP contribution >= 0.6 is 34.4 Å². The summed E-state index contributed by atoms with van der Waals surface area (Å²) in [4.78, 5) is 19.8. The van der Waals surface area contributed by atoms with E-state index in [1.807, 2.05) is 12.4 Å². The Kier molecular flexibility index (Phi) is 5.57. The molecule has 0 radical (unpaired) electrons. The first-order valence-corrected chi connectivity index (χ1v) is 9.67. The maximum absolute atomic E-state index is 13.7. The summed E-state index contributed by atoms with van der Waals surface area (Å²) in [6.07, 6.45) is 3.54. The lowest BCUT2D eigenvalue weighted by Crippen LogP contribution is -2.03. The third kappa shape index (κ3) is 4.12. The Morgan fingerprint density at radius 1 is 1.44 bits per heavy atom.